The molecule has 1 aliphatic carbocycles. The van der Waals surface area contributed by atoms with Crippen molar-refractivity contribution in [2.24, 2.45) is 11.8 Å². The first kappa shape index (κ1) is 18.2. The maximum Gasteiger partial charge on any atom is 0.338 e. The van der Waals surface area contributed by atoms with E-state index in [0.717, 1.165) is 25.8 Å². The molecule has 0 spiro atoms. The van der Waals surface area contributed by atoms with E-state index in [2.05, 4.69) is 15.0 Å². The molecule has 28 heavy (non-hydrogen) atoms. The van der Waals surface area contributed by atoms with Crippen LogP contribution in [0.1, 0.15) is 36.0 Å². The summed E-state index contributed by atoms with van der Waals surface area (Å²) < 4.78 is 7.59. The van der Waals surface area contributed by atoms with E-state index in [4.69, 9.17) is 16.2 Å². The average molecular weight is 380 g/mol. The molecular formula is C20H24N6O2. The van der Waals surface area contributed by atoms with E-state index in [9.17, 15) is 4.79 Å². The maximum atomic E-state index is 12.3. The number of rotatable bonds is 5. The molecule has 1 fully saturated rings. The summed E-state index contributed by atoms with van der Waals surface area (Å²) in [5.74, 6) is 0.829. The zero-order valence-electron chi connectivity index (χ0n) is 15.6. The first-order valence-electron chi connectivity index (χ1n) is 9.58. The van der Waals surface area contributed by atoms with Gasteiger partial charge < -0.3 is 20.8 Å². The molecule has 8 heteroatoms. The molecule has 0 aliphatic heterocycles. The molecule has 2 atom stereocenters. The summed E-state index contributed by atoms with van der Waals surface area (Å²) in [6.07, 6.45) is 6.16. The van der Waals surface area contributed by atoms with Crippen molar-refractivity contribution < 1.29 is 9.53 Å². The van der Waals surface area contributed by atoms with Gasteiger partial charge in [0.1, 0.15) is 5.52 Å². The summed E-state index contributed by atoms with van der Waals surface area (Å²) in [5, 5.41) is 0. The highest BCUT2D eigenvalue weighted by atomic mass is 16.5. The lowest BCUT2D eigenvalue weighted by Gasteiger charge is -2.31. The molecule has 146 valence electrons. The van der Waals surface area contributed by atoms with Gasteiger partial charge in [0.05, 0.1) is 18.5 Å². The average Bonchev–Trinajstić information content (AvgIpc) is 3.10. The van der Waals surface area contributed by atoms with Crippen LogP contribution in [0.25, 0.3) is 11.2 Å². The van der Waals surface area contributed by atoms with Crippen LogP contribution in [0.5, 0.6) is 0 Å². The number of fused-ring (bicyclic) bond motifs is 1. The van der Waals surface area contributed by atoms with E-state index in [1.165, 1.54) is 6.42 Å². The normalized spacial score (nSPS) is 19.6. The second-order valence-corrected chi connectivity index (χ2v) is 7.31. The Bertz CT molecular complexity index is 971. The molecule has 1 aliphatic rings. The second-order valence-electron chi connectivity index (χ2n) is 7.31. The van der Waals surface area contributed by atoms with Gasteiger partial charge in [0, 0.05) is 6.54 Å². The largest absolute Gasteiger partial charge is 0.462 e. The quantitative estimate of drug-likeness (QED) is 0.652. The van der Waals surface area contributed by atoms with E-state index >= 15 is 0 Å². The lowest BCUT2D eigenvalue weighted by molar-refractivity contribution is 0.0327. The number of nitrogen functional groups attached to an aromatic ring is 2. The SMILES string of the molecule is Nc1nc(N)c2ncn(CC3CCCCC3COC(=O)c3ccccc3)c2n1. The molecule has 2 unspecified atom stereocenters. The molecule has 1 aromatic carbocycles. The van der Waals surface area contributed by atoms with Gasteiger partial charge in [-0.15, -0.1) is 0 Å². The molecule has 2 heterocycles. The first-order valence-corrected chi connectivity index (χ1v) is 9.58. The number of carbonyl (C=O) groups is 1. The first-order chi connectivity index (χ1) is 13.6. The monoisotopic (exact) mass is 380 g/mol. The molecule has 4 N–H and O–H groups in total. The summed E-state index contributed by atoms with van der Waals surface area (Å²) in [5.41, 5.74) is 13.4. The number of hydrogen-bond acceptors (Lipinski definition) is 7. The molecule has 0 radical (unpaired) electrons. The van der Waals surface area contributed by atoms with E-state index < -0.39 is 0 Å². The minimum Gasteiger partial charge on any atom is -0.462 e. The smallest absolute Gasteiger partial charge is 0.338 e. The number of anilines is 2. The Kier molecular flexibility index (Phi) is 5.10. The van der Waals surface area contributed by atoms with E-state index in [-0.39, 0.29) is 11.9 Å². The van der Waals surface area contributed by atoms with Crippen molar-refractivity contribution in [1.82, 2.24) is 19.5 Å². The van der Waals surface area contributed by atoms with Gasteiger partial charge in [-0.05, 0) is 36.8 Å². The van der Waals surface area contributed by atoms with Crippen LogP contribution in [0.3, 0.4) is 0 Å². The van der Waals surface area contributed by atoms with Crippen molar-refractivity contribution in [3.63, 3.8) is 0 Å². The van der Waals surface area contributed by atoms with Gasteiger partial charge in [0.25, 0.3) is 0 Å². The Labute approximate surface area is 162 Å². The van der Waals surface area contributed by atoms with Gasteiger partial charge in [-0.2, -0.15) is 9.97 Å². The number of hydrogen-bond donors (Lipinski definition) is 2. The molecule has 8 nitrogen and oxygen atoms in total. The third-order valence-corrected chi connectivity index (χ3v) is 5.44. The zero-order valence-corrected chi connectivity index (χ0v) is 15.6. The van der Waals surface area contributed by atoms with Crippen molar-refractivity contribution in [3.8, 4) is 0 Å². The molecule has 4 rings (SSSR count). The topological polar surface area (TPSA) is 122 Å². The second kappa shape index (κ2) is 7.84. The lowest BCUT2D eigenvalue weighted by Crippen LogP contribution is -2.28. The van der Waals surface area contributed by atoms with Gasteiger partial charge in [-0.25, -0.2) is 9.78 Å². The number of benzene rings is 1. The van der Waals surface area contributed by atoms with Gasteiger partial charge >= 0.3 is 5.97 Å². The van der Waals surface area contributed by atoms with Gasteiger partial charge in [0.2, 0.25) is 5.95 Å². The Hall–Kier alpha value is -3.16. The van der Waals surface area contributed by atoms with Crippen molar-refractivity contribution in [2.45, 2.75) is 32.2 Å². The van der Waals surface area contributed by atoms with Crippen molar-refractivity contribution in [3.05, 3.63) is 42.2 Å². The van der Waals surface area contributed by atoms with Crippen LogP contribution >= 0.6 is 0 Å². The zero-order chi connectivity index (χ0) is 19.5. The van der Waals surface area contributed by atoms with Crippen molar-refractivity contribution in [1.29, 1.82) is 0 Å². The summed E-state index contributed by atoms with van der Waals surface area (Å²) in [6, 6.07) is 9.10. The highest BCUT2D eigenvalue weighted by molar-refractivity contribution is 5.89. The third-order valence-electron chi connectivity index (χ3n) is 5.44. The highest BCUT2D eigenvalue weighted by Crippen LogP contribution is 2.32. The fourth-order valence-corrected chi connectivity index (χ4v) is 3.95. The third kappa shape index (κ3) is 3.76. The number of aromatic nitrogens is 4. The summed E-state index contributed by atoms with van der Waals surface area (Å²) >= 11 is 0. The van der Waals surface area contributed by atoms with Crippen LogP contribution in [0.2, 0.25) is 0 Å². The van der Waals surface area contributed by atoms with E-state index in [1.807, 2.05) is 22.8 Å². The Morgan fingerprint density at radius 2 is 1.86 bits per heavy atom. The minimum atomic E-state index is -0.272. The summed E-state index contributed by atoms with van der Waals surface area (Å²) in [7, 11) is 0. The van der Waals surface area contributed by atoms with Crippen LogP contribution in [-0.4, -0.2) is 32.1 Å². The fraction of sp³-hybridized carbons (Fsp3) is 0.400. The Morgan fingerprint density at radius 3 is 2.64 bits per heavy atom. The predicted octanol–water partition coefficient (Wildman–Crippen LogP) is 2.65. The molecule has 1 saturated carbocycles. The molecule has 3 aromatic rings. The summed E-state index contributed by atoms with van der Waals surface area (Å²) in [6.45, 7) is 1.16. The maximum absolute atomic E-state index is 12.3. The molecule has 0 amide bonds. The molecular weight excluding hydrogens is 356 g/mol. The standard InChI is InChI=1S/C20H24N6O2/c21-17-16-18(25-20(22)24-17)26(12-23-16)10-14-8-4-5-9-15(14)11-28-19(27)13-6-2-1-3-7-13/h1-3,6-7,12,14-15H,4-5,8-11H2,(H4,21,22,24,25). The number of nitrogens with two attached hydrogens (primary N) is 2. The summed E-state index contributed by atoms with van der Waals surface area (Å²) in [4.78, 5) is 24.9. The van der Waals surface area contributed by atoms with Gasteiger partial charge in [0.15, 0.2) is 11.5 Å². The van der Waals surface area contributed by atoms with Crippen LogP contribution in [0.15, 0.2) is 36.7 Å². The fourth-order valence-electron chi connectivity index (χ4n) is 3.95. The van der Waals surface area contributed by atoms with E-state index in [1.54, 1.807) is 18.5 Å². The lowest BCUT2D eigenvalue weighted by atomic mass is 9.79. The number of esters is 1. The van der Waals surface area contributed by atoms with Crippen molar-refractivity contribution >= 4 is 28.9 Å². The molecule has 0 saturated heterocycles. The minimum absolute atomic E-state index is 0.142. The Balaban J connectivity index is 1.46. The van der Waals surface area contributed by atoms with Crippen LogP contribution in [0, 0.1) is 11.8 Å². The van der Waals surface area contributed by atoms with Crippen LogP contribution < -0.4 is 11.5 Å². The Morgan fingerprint density at radius 1 is 1.11 bits per heavy atom. The van der Waals surface area contributed by atoms with Crippen LogP contribution in [0.4, 0.5) is 11.8 Å². The van der Waals surface area contributed by atoms with E-state index in [0.29, 0.717) is 41.0 Å². The number of carbonyl (C=O) groups excluding carboxylic acids is 1. The number of nitrogens with zero attached hydrogens (tertiary/aromatic N) is 4. The molecule has 2 aromatic heterocycles. The molecule has 0 bridgehead atoms. The van der Waals surface area contributed by atoms with Crippen LogP contribution in [-0.2, 0) is 11.3 Å². The van der Waals surface area contributed by atoms with Crippen molar-refractivity contribution in [2.75, 3.05) is 18.1 Å². The van der Waals surface area contributed by atoms with Gasteiger partial charge in [-0.1, -0.05) is 31.0 Å². The van der Waals surface area contributed by atoms with Gasteiger partial charge in [-0.3, -0.25) is 0 Å². The number of ether oxygens (including phenoxy) is 1. The highest BCUT2D eigenvalue weighted by Gasteiger charge is 2.27. The number of imidazole rings is 1. The predicted molar refractivity (Wildman–Crippen MR) is 106 cm³/mol.